The van der Waals surface area contributed by atoms with Gasteiger partial charge in [0.2, 0.25) is 5.95 Å². The Morgan fingerprint density at radius 1 is 1.24 bits per heavy atom. The number of carbonyl (C=O) groups is 1. The second-order valence-electron chi connectivity index (χ2n) is 4.16. The largest absolute Gasteiger partial charge is 0.341 e. The summed E-state index contributed by atoms with van der Waals surface area (Å²) in [6.45, 7) is 8.37. The van der Waals surface area contributed by atoms with Gasteiger partial charge < -0.3 is 4.90 Å². The molecule has 0 N–H and O–H groups in total. The highest BCUT2D eigenvalue weighted by atomic mass is 16.1. The third-order valence-corrected chi connectivity index (χ3v) is 3.09. The molecule has 0 saturated heterocycles. The topological polar surface area (TPSA) is 46.1 Å². The van der Waals surface area contributed by atoms with Gasteiger partial charge in [-0.05, 0) is 12.8 Å². The Morgan fingerprint density at radius 2 is 1.82 bits per heavy atom. The van der Waals surface area contributed by atoms with E-state index in [1.807, 2.05) is 0 Å². The van der Waals surface area contributed by atoms with Crippen LogP contribution in [0.5, 0.6) is 0 Å². The Morgan fingerprint density at radius 3 is 2.24 bits per heavy atom. The zero-order valence-electron chi connectivity index (χ0n) is 10.9. The molecule has 0 fully saturated rings. The summed E-state index contributed by atoms with van der Waals surface area (Å²) in [4.78, 5) is 21.1. The molecular weight excluding hydrogens is 214 g/mol. The number of nitrogens with zero attached hydrogens (tertiary/aromatic N) is 3. The van der Waals surface area contributed by atoms with Crippen LogP contribution in [-0.2, 0) is 0 Å². The number of rotatable bonds is 7. The first-order valence-electron chi connectivity index (χ1n) is 6.27. The lowest BCUT2D eigenvalue weighted by molar-refractivity contribution is 0.112. The monoisotopic (exact) mass is 235 g/mol. The highest BCUT2D eigenvalue weighted by molar-refractivity contribution is 5.73. The lowest BCUT2D eigenvalue weighted by atomic mass is 10.0. The highest BCUT2D eigenvalue weighted by Crippen LogP contribution is 2.14. The fourth-order valence-electron chi connectivity index (χ4n) is 1.77. The molecule has 1 rings (SSSR count). The molecule has 1 heterocycles. The van der Waals surface area contributed by atoms with Gasteiger partial charge in [0.15, 0.2) is 6.29 Å². The first kappa shape index (κ1) is 13.6. The lowest BCUT2D eigenvalue weighted by Gasteiger charge is -2.25. The summed E-state index contributed by atoms with van der Waals surface area (Å²) in [5.74, 6) is 1.38. The molecular formula is C13H21N3O. The number of aldehydes is 1. The van der Waals surface area contributed by atoms with E-state index < -0.39 is 0 Å². The van der Waals surface area contributed by atoms with E-state index in [9.17, 15) is 4.79 Å². The van der Waals surface area contributed by atoms with Gasteiger partial charge in [-0.3, -0.25) is 4.79 Å². The van der Waals surface area contributed by atoms with Gasteiger partial charge in [-0.2, -0.15) is 0 Å². The fraction of sp³-hybridized carbons (Fsp3) is 0.615. The molecule has 0 radical (unpaired) electrons. The Balaban J connectivity index is 2.74. The Labute approximate surface area is 103 Å². The van der Waals surface area contributed by atoms with Crippen molar-refractivity contribution in [2.24, 2.45) is 5.92 Å². The minimum absolute atomic E-state index is 0.521. The van der Waals surface area contributed by atoms with Crippen LogP contribution >= 0.6 is 0 Å². The minimum Gasteiger partial charge on any atom is -0.341 e. The maximum atomic E-state index is 10.5. The summed E-state index contributed by atoms with van der Waals surface area (Å²) in [7, 11) is 0. The third kappa shape index (κ3) is 3.80. The van der Waals surface area contributed by atoms with Crippen molar-refractivity contribution in [3.05, 3.63) is 18.0 Å². The molecule has 0 unspecified atom stereocenters. The molecule has 1 aromatic heterocycles. The molecule has 4 heteroatoms. The van der Waals surface area contributed by atoms with E-state index >= 15 is 0 Å². The van der Waals surface area contributed by atoms with Gasteiger partial charge in [0, 0.05) is 25.5 Å². The summed E-state index contributed by atoms with van der Waals surface area (Å²) in [5.41, 5.74) is 0.521. The zero-order valence-corrected chi connectivity index (χ0v) is 10.9. The van der Waals surface area contributed by atoms with E-state index in [1.165, 1.54) is 12.8 Å². The number of anilines is 1. The molecule has 0 bridgehead atoms. The predicted octanol–water partition coefficient (Wildman–Crippen LogP) is 2.55. The second-order valence-corrected chi connectivity index (χ2v) is 4.16. The summed E-state index contributed by atoms with van der Waals surface area (Å²) in [6, 6.07) is 0. The van der Waals surface area contributed by atoms with Crippen molar-refractivity contribution >= 4 is 12.2 Å². The average molecular weight is 235 g/mol. The molecule has 0 aromatic carbocycles. The van der Waals surface area contributed by atoms with Crippen molar-refractivity contribution in [1.29, 1.82) is 0 Å². The van der Waals surface area contributed by atoms with Crippen molar-refractivity contribution in [2.45, 2.75) is 33.6 Å². The van der Waals surface area contributed by atoms with E-state index in [-0.39, 0.29) is 0 Å². The Kier molecular flexibility index (Phi) is 5.60. The van der Waals surface area contributed by atoms with Crippen LogP contribution in [0.15, 0.2) is 12.4 Å². The maximum Gasteiger partial charge on any atom is 0.225 e. The molecule has 0 aliphatic heterocycles. The molecule has 0 atom stereocenters. The van der Waals surface area contributed by atoms with Gasteiger partial charge in [-0.1, -0.05) is 26.7 Å². The number of aromatic nitrogens is 2. The summed E-state index contributed by atoms with van der Waals surface area (Å²) in [6.07, 6.45) is 6.25. The van der Waals surface area contributed by atoms with E-state index in [4.69, 9.17) is 0 Å². The van der Waals surface area contributed by atoms with E-state index in [0.29, 0.717) is 17.4 Å². The first-order chi connectivity index (χ1) is 8.24. The maximum absolute atomic E-state index is 10.5. The Bertz CT molecular complexity index is 333. The van der Waals surface area contributed by atoms with Crippen LogP contribution in [0.1, 0.15) is 44.0 Å². The fourth-order valence-corrected chi connectivity index (χ4v) is 1.77. The number of carbonyl (C=O) groups excluding carboxylic acids is 1. The smallest absolute Gasteiger partial charge is 0.225 e. The van der Waals surface area contributed by atoms with Crippen molar-refractivity contribution < 1.29 is 4.79 Å². The highest BCUT2D eigenvalue weighted by Gasteiger charge is 2.12. The number of hydrogen-bond acceptors (Lipinski definition) is 4. The molecule has 0 amide bonds. The standard InChI is InChI=1S/C13H21N3O/c1-4-11(5-2)9-16(6-3)13-14-7-12(10-17)8-15-13/h7-8,10-11H,4-6,9H2,1-3H3. The molecule has 0 aliphatic carbocycles. The average Bonchev–Trinajstić information content (AvgIpc) is 2.40. The molecule has 0 spiro atoms. The lowest BCUT2D eigenvalue weighted by Crippen LogP contribution is -2.30. The molecule has 1 aromatic rings. The van der Waals surface area contributed by atoms with Gasteiger partial charge in [-0.15, -0.1) is 0 Å². The molecule has 94 valence electrons. The van der Waals surface area contributed by atoms with Gasteiger partial charge in [0.05, 0.1) is 5.56 Å². The van der Waals surface area contributed by atoms with E-state index in [1.54, 1.807) is 12.4 Å². The minimum atomic E-state index is 0.521. The van der Waals surface area contributed by atoms with Gasteiger partial charge >= 0.3 is 0 Å². The quantitative estimate of drug-likeness (QED) is 0.681. The van der Waals surface area contributed by atoms with Crippen molar-refractivity contribution in [1.82, 2.24) is 9.97 Å². The van der Waals surface area contributed by atoms with Gasteiger partial charge in [0.25, 0.3) is 0 Å². The summed E-state index contributed by atoms with van der Waals surface area (Å²) in [5, 5.41) is 0. The van der Waals surface area contributed by atoms with Gasteiger partial charge in [-0.25, -0.2) is 9.97 Å². The first-order valence-corrected chi connectivity index (χ1v) is 6.27. The number of hydrogen-bond donors (Lipinski definition) is 0. The zero-order chi connectivity index (χ0) is 12.7. The summed E-state index contributed by atoms with van der Waals surface area (Å²) < 4.78 is 0. The van der Waals surface area contributed by atoms with Crippen LogP contribution in [0.25, 0.3) is 0 Å². The second kappa shape index (κ2) is 6.99. The van der Waals surface area contributed by atoms with Crippen LogP contribution in [0.2, 0.25) is 0 Å². The third-order valence-electron chi connectivity index (χ3n) is 3.09. The van der Waals surface area contributed by atoms with E-state index in [0.717, 1.165) is 19.4 Å². The summed E-state index contributed by atoms with van der Waals surface area (Å²) >= 11 is 0. The molecule has 0 aliphatic rings. The van der Waals surface area contributed by atoms with Gasteiger partial charge in [0.1, 0.15) is 0 Å². The predicted molar refractivity (Wildman–Crippen MR) is 69.4 cm³/mol. The van der Waals surface area contributed by atoms with Crippen molar-refractivity contribution in [3.63, 3.8) is 0 Å². The molecule has 17 heavy (non-hydrogen) atoms. The molecule has 0 saturated carbocycles. The van der Waals surface area contributed by atoms with Crippen LogP contribution in [0, 0.1) is 5.92 Å². The van der Waals surface area contributed by atoms with E-state index in [2.05, 4.69) is 35.6 Å². The Hall–Kier alpha value is -1.45. The SMILES string of the molecule is CCC(CC)CN(CC)c1ncc(C=O)cn1. The van der Waals surface area contributed by atoms with Crippen molar-refractivity contribution in [3.8, 4) is 0 Å². The normalized spacial score (nSPS) is 10.6. The van der Waals surface area contributed by atoms with Crippen LogP contribution in [0.4, 0.5) is 5.95 Å². The van der Waals surface area contributed by atoms with Crippen LogP contribution < -0.4 is 4.90 Å². The van der Waals surface area contributed by atoms with Crippen LogP contribution in [-0.4, -0.2) is 29.3 Å². The van der Waals surface area contributed by atoms with Crippen molar-refractivity contribution in [2.75, 3.05) is 18.0 Å². The van der Waals surface area contributed by atoms with Crippen LogP contribution in [0.3, 0.4) is 0 Å². The molecule has 4 nitrogen and oxygen atoms in total.